The number of aromatic nitrogens is 2. The highest BCUT2D eigenvalue weighted by molar-refractivity contribution is 7.89. The number of hydrogen-bond donors (Lipinski definition) is 0. The van der Waals surface area contributed by atoms with Crippen LogP contribution >= 0.6 is 0 Å². The molecule has 31 heavy (non-hydrogen) atoms. The lowest BCUT2D eigenvalue weighted by molar-refractivity contribution is 0.290. The van der Waals surface area contributed by atoms with Crippen LogP contribution in [-0.4, -0.2) is 50.2 Å². The van der Waals surface area contributed by atoms with E-state index in [1.165, 1.54) is 30.7 Å². The molecule has 0 radical (unpaired) electrons. The van der Waals surface area contributed by atoms with Crippen LogP contribution in [0.4, 0.5) is 4.39 Å². The van der Waals surface area contributed by atoms with E-state index in [0.29, 0.717) is 24.5 Å². The standard InChI is InChI=1S/C21H22FN3O5S/c1-28-15-7-8-18(29-2)19(13-15)31(26,27)25-11-9-14(10-12-25)20-23-24-21(30-20)16-5-3-4-6-17(16)22/h3-8,13-14H,9-12H2,1-2H3. The summed E-state index contributed by atoms with van der Waals surface area (Å²) in [6.45, 7) is 0.565. The molecular weight excluding hydrogens is 425 g/mol. The Morgan fingerprint density at radius 2 is 1.81 bits per heavy atom. The maximum atomic E-state index is 14.0. The molecule has 2 aromatic carbocycles. The Balaban J connectivity index is 1.50. The van der Waals surface area contributed by atoms with Crippen molar-refractivity contribution < 1.29 is 26.7 Å². The van der Waals surface area contributed by atoms with Crippen molar-refractivity contribution in [2.45, 2.75) is 23.7 Å². The highest BCUT2D eigenvalue weighted by atomic mass is 32.2. The quantitative estimate of drug-likeness (QED) is 0.571. The summed E-state index contributed by atoms with van der Waals surface area (Å²) in [6, 6.07) is 10.9. The van der Waals surface area contributed by atoms with Gasteiger partial charge < -0.3 is 13.9 Å². The van der Waals surface area contributed by atoms with Crippen LogP contribution in [0.5, 0.6) is 11.5 Å². The Bertz CT molecular complexity index is 1170. The van der Waals surface area contributed by atoms with Gasteiger partial charge in [-0.15, -0.1) is 10.2 Å². The first kappa shape index (κ1) is 21.3. The van der Waals surface area contributed by atoms with Crippen LogP contribution in [0.3, 0.4) is 0 Å². The SMILES string of the molecule is COc1ccc(OC)c(S(=O)(=O)N2CCC(c3nnc(-c4ccccc4F)o3)CC2)c1. The van der Waals surface area contributed by atoms with Gasteiger partial charge in [0.15, 0.2) is 0 Å². The summed E-state index contributed by atoms with van der Waals surface area (Å²) in [5.41, 5.74) is 0.242. The lowest BCUT2D eigenvalue weighted by Gasteiger charge is -2.30. The molecule has 1 aliphatic heterocycles. The summed E-state index contributed by atoms with van der Waals surface area (Å²) in [5, 5.41) is 8.03. The summed E-state index contributed by atoms with van der Waals surface area (Å²) in [5.74, 6) is 0.645. The maximum Gasteiger partial charge on any atom is 0.250 e. The fourth-order valence-electron chi connectivity index (χ4n) is 3.61. The number of ether oxygens (including phenoxy) is 2. The lowest BCUT2D eigenvalue weighted by atomic mass is 9.98. The fourth-order valence-corrected chi connectivity index (χ4v) is 5.25. The highest BCUT2D eigenvalue weighted by Gasteiger charge is 2.34. The van der Waals surface area contributed by atoms with Crippen molar-refractivity contribution in [3.05, 3.63) is 54.2 Å². The molecule has 4 rings (SSSR count). The third-order valence-corrected chi connectivity index (χ3v) is 7.26. The number of halogens is 1. The highest BCUT2D eigenvalue weighted by Crippen LogP contribution is 2.35. The van der Waals surface area contributed by atoms with Crippen molar-refractivity contribution in [2.75, 3.05) is 27.3 Å². The normalized spacial score (nSPS) is 15.7. The average molecular weight is 447 g/mol. The van der Waals surface area contributed by atoms with E-state index in [0.717, 1.165) is 0 Å². The number of sulfonamides is 1. The Morgan fingerprint density at radius 1 is 1.06 bits per heavy atom. The molecule has 1 aromatic heterocycles. The molecule has 2 heterocycles. The number of nitrogens with zero attached hydrogens (tertiary/aromatic N) is 3. The van der Waals surface area contributed by atoms with Gasteiger partial charge in [0.25, 0.3) is 5.89 Å². The van der Waals surface area contributed by atoms with E-state index in [-0.39, 0.29) is 41.1 Å². The van der Waals surface area contributed by atoms with Crippen LogP contribution in [0.2, 0.25) is 0 Å². The molecule has 1 saturated heterocycles. The van der Waals surface area contributed by atoms with Gasteiger partial charge in [-0.3, -0.25) is 0 Å². The third-order valence-electron chi connectivity index (χ3n) is 5.34. The van der Waals surface area contributed by atoms with Crippen LogP contribution in [0.1, 0.15) is 24.7 Å². The number of hydrogen-bond acceptors (Lipinski definition) is 7. The van der Waals surface area contributed by atoms with Crippen LogP contribution in [-0.2, 0) is 10.0 Å². The van der Waals surface area contributed by atoms with Crippen molar-refractivity contribution in [1.29, 1.82) is 0 Å². The van der Waals surface area contributed by atoms with E-state index in [1.54, 1.807) is 30.3 Å². The smallest absolute Gasteiger partial charge is 0.250 e. The van der Waals surface area contributed by atoms with Crippen molar-refractivity contribution in [3.8, 4) is 23.0 Å². The molecule has 0 saturated carbocycles. The van der Waals surface area contributed by atoms with Gasteiger partial charge in [-0.05, 0) is 37.1 Å². The zero-order valence-corrected chi connectivity index (χ0v) is 17.9. The second-order valence-corrected chi connectivity index (χ2v) is 9.03. The molecule has 0 bridgehead atoms. The number of methoxy groups -OCH3 is 2. The topological polar surface area (TPSA) is 94.8 Å². The molecule has 164 valence electrons. The molecule has 0 spiro atoms. The molecular formula is C21H22FN3O5S. The molecule has 1 aliphatic rings. The van der Waals surface area contributed by atoms with Gasteiger partial charge in [0, 0.05) is 25.1 Å². The van der Waals surface area contributed by atoms with E-state index in [1.807, 2.05) is 0 Å². The molecule has 0 aliphatic carbocycles. The second kappa shape index (κ2) is 8.64. The first-order valence-electron chi connectivity index (χ1n) is 9.74. The Hall–Kier alpha value is -2.98. The largest absolute Gasteiger partial charge is 0.497 e. The third kappa shape index (κ3) is 4.13. The average Bonchev–Trinajstić information content (AvgIpc) is 3.29. The Morgan fingerprint density at radius 3 is 2.48 bits per heavy atom. The molecule has 3 aromatic rings. The number of rotatable bonds is 6. The van der Waals surface area contributed by atoms with Crippen molar-refractivity contribution in [2.24, 2.45) is 0 Å². The summed E-state index contributed by atoms with van der Waals surface area (Å²) in [4.78, 5) is 0.0624. The minimum Gasteiger partial charge on any atom is -0.497 e. The Kier molecular flexibility index (Phi) is 5.92. The predicted molar refractivity (Wildman–Crippen MR) is 110 cm³/mol. The summed E-state index contributed by atoms with van der Waals surface area (Å²) < 4.78 is 57.9. The zero-order chi connectivity index (χ0) is 22.0. The van der Waals surface area contributed by atoms with E-state index < -0.39 is 15.8 Å². The fraction of sp³-hybridized carbons (Fsp3) is 0.333. The van der Waals surface area contributed by atoms with Gasteiger partial charge in [0.05, 0.1) is 19.8 Å². The van der Waals surface area contributed by atoms with Crippen LogP contribution < -0.4 is 9.47 Å². The van der Waals surface area contributed by atoms with Crippen LogP contribution in [0.15, 0.2) is 51.8 Å². The van der Waals surface area contributed by atoms with Gasteiger partial charge in [0.1, 0.15) is 22.2 Å². The first-order chi connectivity index (χ1) is 14.9. The van der Waals surface area contributed by atoms with E-state index in [9.17, 15) is 12.8 Å². The van der Waals surface area contributed by atoms with Gasteiger partial charge in [0.2, 0.25) is 15.9 Å². The minimum absolute atomic E-state index is 0.0624. The van der Waals surface area contributed by atoms with Crippen molar-refractivity contribution >= 4 is 10.0 Å². The van der Waals surface area contributed by atoms with E-state index >= 15 is 0 Å². The van der Waals surface area contributed by atoms with E-state index in [2.05, 4.69) is 10.2 Å². The second-order valence-electron chi connectivity index (χ2n) is 7.12. The van der Waals surface area contributed by atoms with Crippen molar-refractivity contribution in [3.63, 3.8) is 0 Å². The predicted octanol–water partition coefficient (Wildman–Crippen LogP) is 3.46. The zero-order valence-electron chi connectivity index (χ0n) is 17.1. The van der Waals surface area contributed by atoms with Crippen molar-refractivity contribution in [1.82, 2.24) is 14.5 Å². The van der Waals surface area contributed by atoms with Gasteiger partial charge in [-0.25, -0.2) is 12.8 Å². The molecule has 0 atom stereocenters. The van der Waals surface area contributed by atoms with Gasteiger partial charge >= 0.3 is 0 Å². The molecule has 0 unspecified atom stereocenters. The summed E-state index contributed by atoms with van der Waals surface area (Å²) in [7, 11) is -0.872. The Labute approximate surface area is 179 Å². The van der Waals surface area contributed by atoms with Crippen LogP contribution in [0.25, 0.3) is 11.5 Å². The summed E-state index contributed by atoms with van der Waals surface area (Å²) in [6.07, 6.45) is 1.01. The molecule has 8 nitrogen and oxygen atoms in total. The lowest BCUT2D eigenvalue weighted by Crippen LogP contribution is -2.38. The molecule has 1 fully saturated rings. The maximum absolute atomic E-state index is 14.0. The monoisotopic (exact) mass is 447 g/mol. The number of benzene rings is 2. The summed E-state index contributed by atoms with van der Waals surface area (Å²) >= 11 is 0. The first-order valence-corrected chi connectivity index (χ1v) is 11.2. The minimum atomic E-state index is -3.77. The number of piperidine rings is 1. The molecule has 0 amide bonds. The van der Waals surface area contributed by atoms with Crippen LogP contribution in [0, 0.1) is 5.82 Å². The molecule has 0 N–H and O–H groups in total. The van der Waals surface area contributed by atoms with Gasteiger partial charge in [-0.1, -0.05) is 12.1 Å². The van der Waals surface area contributed by atoms with E-state index in [4.69, 9.17) is 13.9 Å². The van der Waals surface area contributed by atoms with Gasteiger partial charge in [-0.2, -0.15) is 4.31 Å². The molecule has 10 heteroatoms.